The van der Waals surface area contributed by atoms with Crippen molar-refractivity contribution in [1.29, 1.82) is 0 Å². The van der Waals surface area contributed by atoms with Crippen LogP contribution in [-0.4, -0.2) is 4.98 Å². The van der Waals surface area contributed by atoms with Crippen LogP contribution in [0.4, 0.5) is 0 Å². The molecule has 3 heteroatoms. The van der Waals surface area contributed by atoms with E-state index in [-0.39, 0.29) is 0 Å². The number of nitrogens with zero attached hydrogens (tertiary/aromatic N) is 1. The van der Waals surface area contributed by atoms with Gasteiger partial charge in [-0.05, 0) is 29.9 Å². The van der Waals surface area contributed by atoms with Crippen molar-refractivity contribution in [3.05, 3.63) is 28.6 Å². The topological polar surface area (TPSA) is 12.9 Å². The van der Waals surface area contributed by atoms with E-state index in [0.29, 0.717) is 0 Å². The molecule has 0 aliphatic heterocycles. The van der Waals surface area contributed by atoms with Crippen LogP contribution in [0.25, 0.3) is 9.88 Å². The number of hydrogen-bond donors (Lipinski definition) is 0. The second kappa shape index (κ2) is 18.0. The van der Waals surface area contributed by atoms with Crippen molar-refractivity contribution < 1.29 is 0 Å². The Labute approximate surface area is 194 Å². The van der Waals surface area contributed by atoms with Gasteiger partial charge in [-0.2, -0.15) is 0 Å². The van der Waals surface area contributed by atoms with Crippen molar-refractivity contribution in [3.63, 3.8) is 0 Å². The summed E-state index contributed by atoms with van der Waals surface area (Å²) in [6.07, 6.45) is 29.1. The van der Waals surface area contributed by atoms with Crippen LogP contribution in [-0.2, 0) is 6.42 Å². The third-order valence-electron chi connectivity index (χ3n) is 6.17. The summed E-state index contributed by atoms with van der Waals surface area (Å²) in [6, 6.07) is 2.30. The maximum atomic E-state index is 4.48. The van der Waals surface area contributed by atoms with Crippen LogP contribution in [0.2, 0.25) is 0 Å². The summed E-state index contributed by atoms with van der Waals surface area (Å²) in [5, 5.41) is 5.50. The molecule has 0 saturated heterocycles. The zero-order valence-electron chi connectivity index (χ0n) is 19.5. The summed E-state index contributed by atoms with van der Waals surface area (Å²) in [7, 11) is 0. The van der Waals surface area contributed by atoms with E-state index in [1.165, 1.54) is 137 Å². The molecule has 0 aromatic carbocycles. The average molecular weight is 448 g/mol. The number of thiophene rings is 1. The van der Waals surface area contributed by atoms with Gasteiger partial charge in [0.15, 0.2) is 0 Å². The quantitative estimate of drug-likeness (QED) is 0.184. The molecule has 0 atom stereocenters. The Bertz CT molecular complexity index is 602. The van der Waals surface area contributed by atoms with Gasteiger partial charge in [0.1, 0.15) is 5.01 Å². The Kier molecular flexibility index (Phi) is 15.3. The van der Waals surface area contributed by atoms with Gasteiger partial charge in [0.25, 0.3) is 0 Å². The molecule has 2 aromatic rings. The summed E-state index contributed by atoms with van der Waals surface area (Å²) in [5.74, 6) is 0. The van der Waals surface area contributed by atoms with Gasteiger partial charge >= 0.3 is 0 Å². The predicted octanol–water partition coefficient (Wildman–Crippen LogP) is 10.5. The first-order valence-corrected chi connectivity index (χ1v) is 14.6. The molecular weight excluding hydrogens is 402 g/mol. The zero-order chi connectivity index (χ0) is 21.1. The lowest BCUT2D eigenvalue weighted by Crippen LogP contribution is -1.87. The highest BCUT2D eigenvalue weighted by Crippen LogP contribution is 2.32. The highest BCUT2D eigenvalue weighted by Gasteiger charge is 2.08. The molecule has 0 unspecified atom stereocenters. The normalized spacial score (nSPS) is 11.4. The molecule has 170 valence electrons. The number of unbranched alkanes of at least 4 members (excludes halogenated alkanes) is 17. The van der Waals surface area contributed by atoms with Gasteiger partial charge in [0.05, 0.1) is 4.88 Å². The van der Waals surface area contributed by atoms with Crippen molar-refractivity contribution in [2.75, 3.05) is 0 Å². The van der Waals surface area contributed by atoms with Gasteiger partial charge in [-0.3, -0.25) is 0 Å². The summed E-state index contributed by atoms with van der Waals surface area (Å²) >= 11 is 3.61. The molecule has 0 amide bonds. The molecule has 0 fully saturated rings. The van der Waals surface area contributed by atoms with Gasteiger partial charge in [0.2, 0.25) is 0 Å². The molecule has 0 radical (unpaired) electrons. The first-order valence-electron chi connectivity index (χ1n) is 12.9. The van der Waals surface area contributed by atoms with Crippen LogP contribution in [0.15, 0.2) is 23.0 Å². The fourth-order valence-corrected chi connectivity index (χ4v) is 6.02. The molecule has 0 aliphatic carbocycles. The molecule has 0 saturated carbocycles. The molecular formula is C27H45NS2. The summed E-state index contributed by atoms with van der Waals surface area (Å²) in [6.45, 7) is 2.30. The molecule has 2 aromatic heterocycles. The van der Waals surface area contributed by atoms with E-state index in [4.69, 9.17) is 0 Å². The number of thiazole rings is 1. The Morgan fingerprint density at radius 3 is 1.57 bits per heavy atom. The van der Waals surface area contributed by atoms with E-state index in [1.54, 1.807) is 11.3 Å². The molecule has 2 rings (SSSR count). The van der Waals surface area contributed by atoms with E-state index in [0.717, 1.165) is 0 Å². The molecule has 2 heterocycles. The fraction of sp³-hybridized carbons (Fsp3) is 0.741. The third-order valence-corrected chi connectivity index (χ3v) is 8.06. The molecule has 0 N–H and O–H groups in total. The number of hydrogen-bond acceptors (Lipinski definition) is 3. The lowest BCUT2D eigenvalue weighted by molar-refractivity contribution is 0.525. The summed E-state index contributed by atoms with van der Waals surface area (Å²) in [5.41, 5.74) is 1.51. The molecule has 0 spiro atoms. The van der Waals surface area contributed by atoms with E-state index in [1.807, 2.05) is 17.5 Å². The smallest absolute Gasteiger partial charge is 0.133 e. The van der Waals surface area contributed by atoms with Crippen LogP contribution in [0.5, 0.6) is 0 Å². The number of aromatic nitrogens is 1. The van der Waals surface area contributed by atoms with Gasteiger partial charge in [-0.15, -0.1) is 22.7 Å². The Balaban J connectivity index is 1.31. The SMILES string of the molecule is CCCCCCCCCCCCCCCCCCCCc1ccsc1-c1nccs1. The number of rotatable bonds is 20. The summed E-state index contributed by atoms with van der Waals surface area (Å²) < 4.78 is 0. The minimum atomic E-state index is 1.20. The predicted molar refractivity (Wildman–Crippen MR) is 138 cm³/mol. The molecule has 30 heavy (non-hydrogen) atoms. The first kappa shape index (κ1) is 25.6. The van der Waals surface area contributed by atoms with E-state index in [2.05, 4.69) is 28.7 Å². The lowest BCUT2D eigenvalue weighted by atomic mass is 10.0. The minimum absolute atomic E-state index is 1.20. The van der Waals surface area contributed by atoms with Gasteiger partial charge in [-0.1, -0.05) is 116 Å². The average Bonchev–Trinajstić information content (AvgIpc) is 3.44. The van der Waals surface area contributed by atoms with Crippen LogP contribution in [0.3, 0.4) is 0 Å². The molecule has 1 nitrogen and oxygen atoms in total. The largest absolute Gasteiger partial charge is 0.244 e. The monoisotopic (exact) mass is 447 g/mol. The standard InChI is InChI=1S/C27H45NS2/c1-2-3-4-5-6-7-8-9-10-11-12-13-14-15-16-17-18-19-20-25-21-23-29-26(25)27-28-22-24-30-27/h21-24H,2-20H2,1H3. The Hall–Kier alpha value is -0.670. The Morgan fingerprint density at radius 1 is 0.600 bits per heavy atom. The third kappa shape index (κ3) is 11.6. The lowest BCUT2D eigenvalue weighted by Gasteiger charge is -2.04. The van der Waals surface area contributed by atoms with E-state index in [9.17, 15) is 0 Å². The highest BCUT2D eigenvalue weighted by molar-refractivity contribution is 7.20. The number of aryl methyl sites for hydroxylation is 1. The second-order valence-corrected chi connectivity index (χ2v) is 10.7. The van der Waals surface area contributed by atoms with Crippen LogP contribution in [0.1, 0.15) is 128 Å². The van der Waals surface area contributed by atoms with Gasteiger partial charge < -0.3 is 0 Å². The zero-order valence-corrected chi connectivity index (χ0v) is 21.1. The molecule has 0 aliphatic rings. The highest BCUT2D eigenvalue weighted by atomic mass is 32.1. The van der Waals surface area contributed by atoms with Crippen LogP contribution >= 0.6 is 22.7 Å². The maximum Gasteiger partial charge on any atom is 0.133 e. The maximum absolute atomic E-state index is 4.48. The van der Waals surface area contributed by atoms with Crippen LogP contribution in [0, 0.1) is 0 Å². The second-order valence-electron chi connectivity index (χ2n) is 8.87. The van der Waals surface area contributed by atoms with Gasteiger partial charge in [0, 0.05) is 11.6 Å². The van der Waals surface area contributed by atoms with Crippen molar-refractivity contribution in [2.24, 2.45) is 0 Å². The molecule has 0 bridgehead atoms. The van der Waals surface area contributed by atoms with Crippen molar-refractivity contribution in [2.45, 2.75) is 129 Å². The van der Waals surface area contributed by atoms with Crippen LogP contribution < -0.4 is 0 Å². The van der Waals surface area contributed by atoms with E-state index >= 15 is 0 Å². The van der Waals surface area contributed by atoms with Crippen molar-refractivity contribution in [1.82, 2.24) is 4.98 Å². The first-order chi connectivity index (χ1) is 14.9. The van der Waals surface area contributed by atoms with Gasteiger partial charge in [-0.25, -0.2) is 4.98 Å². The van der Waals surface area contributed by atoms with Crippen molar-refractivity contribution in [3.8, 4) is 9.88 Å². The van der Waals surface area contributed by atoms with E-state index < -0.39 is 0 Å². The Morgan fingerprint density at radius 2 is 1.10 bits per heavy atom. The minimum Gasteiger partial charge on any atom is -0.244 e. The summed E-state index contributed by atoms with van der Waals surface area (Å²) in [4.78, 5) is 5.88. The fourth-order valence-electron chi connectivity index (χ4n) is 4.27. The van der Waals surface area contributed by atoms with Crippen molar-refractivity contribution >= 4 is 22.7 Å².